The molecule has 0 radical (unpaired) electrons. The molecule has 0 spiro atoms. The Morgan fingerprint density at radius 3 is 2.73 bits per heavy atom. The minimum Gasteiger partial charge on any atom is -0.445 e. The Hall–Kier alpha value is -2.83. The highest BCUT2D eigenvalue weighted by atomic mass is 16.6. The van der Waals surface area contributed by atoms with Crippen LogP contribution in [0.4, 0.5) is 4.79 Å². The molecule has 2 N–H and O–H groups in total. The van der Waals surface area contributed by atoms with Crippen molar-refractivity contribution in [2.24, 2.45) is 5.92 Å². The fourth-order valence-corrected chi connectivity index (χ4v) is 3.42. The van der Waals surface area contributed by atoms with Crippen LogP contribution in [0.15, 0.2) is 36.7 Å². The average Bonchev–Trinajstić information content (AvgIpc) is 3.12. The van der Waals surface area contributed by atoms with E-state index in [1.807, 2.05) is 44.2 Å². The number of aromatic amines is 1. The molecule has 1 aromatic carbocycles. The Kier molecular flexibility index (Phi) is 5.25. The van der Waals surface area contributed by atoms with Crippen molar-refractivity contribution in [3.8, 4) is 0 Å². The van der Waals surface area contributed by atoms with Crippen LogP contribution in [0.25, 0.3) is 0 Å². The smallest absolute Gasteiger partial charge is 0.411 e. The lowest BCUT2D eigenvalue weighted by atomic mass is 9.89. The SMILES string of the molecule is CNC(=O)[C@@H]1Cc2[nH]cnc2[C@H](C(C)C)N1C(=O)OCc1ccccc1. The molecule has 0 fully saturated rings. The first kappa shape index (κ1) is 18.0. The van der Waals surface area contributed by atoms with Gasteiger partial charge < -0.3 is 15.0 Å². The van der Waals surface area contributed by atoms with Gasteiger partial charge in [0.1, 0.15) is 12.6 Å². The second-order valence-electron chi connectivity index (χ2n) is 6.74. The third kappa shape index (κ3) is 3.42. The van der Waals surface area contributed by atoms with Crippen molar-refractivity contribution < 1.29 is 14.3 Å². The van der Waals surface area contributed by atoms with Gasteiger partial charge in [-0.25, -0.2) is 9.78 Å². The summed E-state index contributed by atoms with van der Waals surface area (Å²) in [5.41, 5.74) is 2.59. The fraction of sp³-hybridized carbons (Fsp3) is 0.421. The van der Waals surface area contributed by atoms with Crippen LogP contribution in [0.2, 0.25) is 0 Å². The second-order valence-corrected chi connectivity index (χ2v) is 6.74. The topological polar surface area (TPSA) is 87.3 Å². The van der Waals surface area contributed by atoms with Crippen molar-refractivity contribution in [3.05, 3.63) is 53.6 Å². The number of carbonyl (C=O) groups excluding carboxylic acids is 2. The number of nitrogens with zero attached hydrogens (tertiary/aromatic N) is 2. The van der Waals surface area contributed by atoms with Crippen LogP contribution in [0.1, 0.15) is 36.8 Å². The van der Waals surface area contributed by atoms with Crippen molar-refractivity contribution in [3.63, 3.8) is 0 Å². The Morgan fingerprint density at radius 2 is 2.08 bits per heavy atom. The zero-order valence-electron chi connectivity index (χ0n) is 15.2. The maximum absolute atomic E-state index is 12.9. The quantitative estimate of drug-likeness (QED) is 0.881. The summed E-state index contributed by atoms with van der Waals surface area (Å²) in [7, 11) is 1.57. The lowest BCUT2D eigenvalue weighted by Crippen LogP contribution is -2.55. The van der Waals surface area contributed by atoms with E-state index in [2.05, 4.69) is 15.3 Å². The molecule has 0 unspecified atom stereocenters. The predicted molar refractivity (Wildman–Crippen MR) is 96.2 cm³/mol. The van der Waals surface area contributed by atoms with Crippen molar-refractivity contribution in [1.82, 2.24) is 20.2 Å². The van der Waals surface area contributed by atoms with Gasteiger partial charge in [0.25, 0.3) is 0 Å². The highest BCUT2D eigenvalue weighted by molar-refractivity contribution is 5.86. The van der Waals surface area contributed by atoms with Crippen LogP contribution < -0.4 is 5.32 Å². The Morgan fingerprint density at radius 1 is 1.35 bits per heavy atom. The van der Waals surface area contributed by atoms with E-state index < -0.39 is 12.1 Å². The first-order valence-electron chi connectivity index (χ1n) is 8.75. The maximum atomic E-state index is 12.9. The van der Waals surface area contributed by atoms with Crippen LogP contribution in [-0.2, 0) is 22.6 Å². The fourth-order valence-electron chi connectivity index (χ4n) is 3.42. The predicted octanol–water partition coefficient (Wildman–Crippen LogP) is 2.42. The standard InChI is InChI=1S/C19H24N4O3/c1-12(2)17-16-14(21-11-22-16)9-15(18(24)20-3)23(17)19(25)26-10-13-7-5-4-6-8-13/h4-8,11-12,15,17H,9-10H2,1-3H3,(H,20,24)(H,21,22)/t15-,17-/m0/s1. The number of likely N-dealkylation sites (N-methyl/N-ethyl adjacent to an activating group) is 1. The summed E-state index contributed by atoms with van der Waals surface area (Å²) in [5.74, 6) is -0.138. The molecule has 2 heterocycles. The zero-order chi connectivity index (χ0) is 18.7. The van der Waals surface area contributed by atoms with E-state index in [0.717, 1.165) is 17.0 Å². The number of carbonyl (C=O) groups is 2. The molecule has 7 nitrogen and oxygen atoms in total. The van der Waals surface area contributed by atoms with Gasteiger partial charge in [-0.15, -0.1) is 0 Å². The molecular weight excluding hydrogens is 332 g/mol. The molecule has 138 valence electrons. The van der Waals surface area contributed by atoms with Crippen molar-refractivity contribution in [2.45, 2.75) is 39.0 Å². The number of amides is 2. The van der Waals surface area contributed by atoms with Gasteiger partial charge in [-0.05, 0) is 11.5 Å². The third-order valence-corrected chi connectivity index (χ3v) is 4.66. The molecule has 1 aliphatic heterocycles. The molecule has 1 aromatic heterocycles. The number of fused-ring (bicyclic) bond motifs is 1. The van der Waals surface area contributed by atoms with Gasteiger partial charge in [-0.2, -0.15) is 0 Å². The number of imidazole rings is 1. The number of benzene rings is 1. The second kappa shape index (κ2) is 7.59. The van der Waals surface area contributed by atoms with Gasteiger partial charge in [0.2, 0.25) is 5.91 Å². The summed E-state index contributed by atoms with van der Waals surface area (Å²) < 4.78 is 5.53. The van der Waals surface area contributed by atoms with Gasteiger partial charge in [-0.3, -0.25) is 9.69 Å². The highest BCUT2D eigenvalue weighted by Gasteiger charge is 2.44. The van der Waals surface area contributed by atoms with E-state index in [4.69, 9.17) is 4.74 Å². The van der Waals surface area contributed by atoms with E-state index in [0.29, 0.717) is 6.42 Å². The van der Waals surface area contributed by atoms with E-state index in [9.17, 15) is 9.59 Å². The minimum atomic E-state index is -0.636. The molecule has 26 heavy (non-hydrogen) atoms. The van der Waals surface area contributed by atoms with Crippen molar-refractivity contribution >= 4 is 12.0 Å². The Labute approximate surface area is 152 Å². The van der Waals surface area contributed by atoms with E-state index in [1.165, 1.54) is 4.90 Å². The first-order valence-corrected chi connectivity index (χ1v) is 8.75. The number of hydrogen-bond acceptors (Lipinski definition) is 4. The average molecular weight is 356 g/mol. The van der Waals surface area contributed by atoms with Crippen LogP contribution in [-0.4, -0.2) is 40.0 Å². The summed E-state index contributed by atoms with van der Waals surface area (Å²) in [4.78, 5) is 34.4. The van der Waals surface area contributed by atoms with Gasteiger partial charge in [0.05, 0.1) is 18.1 Å². The molecule has 2 atom stereocenters. The van der Waals surface area contributed by atoms with E-state index >= 15 is 0 Å². The molecule has 0 bridgehead atoms. The Balaban J connectivity index is 1.88. The van der Waals surface area contributed by atoms with Gasteiger partial charge in [0, 0.05) is 19.2 Å². The number of rotatable bonds is 4. The molecule has 1 aliphatic rings. The van der Waals surface area contributed by atoms with Crippen molar-refractivity contribution in [1.29, 1.82) is 0 Å². The monoisotopic (exact) mass is 356 g/mol. The van der Waals surface area contributed by atoms with Crippen LogP contribution in [0, 0.1) is 5.92 Å². The van der Waals surface area contributed by atoms with Gasteiger partial charge in [0.15, 0.2) is 0 Å². The summed E-state index contributed by atoms with van der Waals surface area (Å²) in [5, 5.41) is 2.65. The van der Waals surface area contributed by atoms with Crippen LogP contribution in [0.5, 0.6) is 0 Å². The summed E-state index contributed by atoms with van der Waals surface area (Å²) in [6.07, 6.45) is 1.49. The summed E-state index contributed by atoms with van der Waals surface area (Å²) >= 11 is 0. The maximum Gasteiger partial charge on any atom is 0.411 e. The van der Waals surface area contributed by atoms with Gasteiger partial charge in [-0.1, -0.05) is 44.2 Å². The number of aromatic nitrogens is 2. The Bertz CT molecular complexity index is 772. The largest absolute Gasteiger partial charge is 0.445 e. The molecule has 0 aliphatic carbocycles. The lowest BCUT2D eigenvalue weighted by molar-refractivity contribution is -0.127. The molecule has 2 aromatic rings. The number of nitrogens with one attached hydrogen (secondary N) is 2. The summed E-state index contributed by atoms with van der Waals surface area (Å²) in [6.45, 7) is 4.18. The number of H-pyrrole nitrogens is 1. The minimum absolute atomic E-state index is 0.0776. The van der Waals surface area contributed by atoms with Crippen molar-refractivity contribution in [2.75, 3.05) is 7.05 Å². The number of hydrogen-bond donors (Lipinski definition) is 2. The molecule has 3 rings (SSSR count). The molecule has 7 heteroatoms. The summed E-state index contributed by atoms with van der Waals surface area (Å²) in [6, 6.07) is 8.52. The lowest BCUT2D eigenvalue weighted by Gasteiger charge is -2.41. The first-order chi connectivity index (χ1) is 12.5. The number of ether oxygens (including phenoxy) is 1. The molecular formula is C19H24N4O3. The normalized spacial score (nSPS) is 19.2. The van der Waals surface area contributed by atoms with Crippen LogP contribution in [0.3, 0.4) is 0 Å². The molecule has 0 saturated heterocycles. The van der Waals surface area contributed by atoms with E-state index in [1.54, 1.807) is 13.4 Å². The van der Waals surface area contributed by atoms with E-state index in [-0.39, 0.29) is 24.5 Å². The third-order valence-electron chi connectivity index (χ3n) is 4.66. The highest BCUT2D eigenvalue weighted by Crippen LogP contribution is 2.37. The zero-order valence-corrected chi connectivity index (χ0v) is 15.2. The molecule has 2 amide bonds. The molecule has 0 saturated carbocycles. The van der Waals surface area contributed by atoms with Crippen LogP contribution >= 0.6 is 0 Å². The van der Waals surface area contributed by atoms with Gasteiger partial charge >= 0.3 is 6.09 Å².